The van der Waals surface area contributed by atoms with Gasteiger partial charge in [0.1, 0.15) is 5.82 Å². The van der Waals surface area contributed by atoms with Gasteiger partial charge in [-0.05, 0) is 94.3 Å². The number of nitrogens with zero attached hydrogens (tertiary/aromatic N) is 2. The van der Waals surface area contributed by atoms with Crippen molar-refractivity contribution in [3.8, 4) is 0 Å². The predicted octanol–water partition coefficient (Wildman–Crippen LogP) is 6.73. The smallest absolute Gasteiger partial charge is 0.258 e. The van der Waals surface area contributed by atoms with E-state index in [-0.39, 0.29) is 35.6 Å². The summed E-state index contributed by atoms with van der Waals surface area (Å²) in [6.45, 7) is 9.74. The molecular weight excluding hydrogens is 489 g/mol. The number of hydrogen-bond acceptors (Lipinski definition) is 3. The van der Waals surface area contributed by atoms with E-state index in [0.29, 0.717) is 17.0 Å². The average Bonchev–Trinajstić information content (AvgIpc) is 2.89. The molecule has 1 aliphatic rings. The van der Waals surface area contributed by atoms with Crippen molar-refractivity contribution < 1.29 is 14.0 Å². The fourth-order valence-corrected chi connectivity index (χ4v) is 5.14. The summed E-state index contributed by atoms with van der Waals surface area (Å²) in [7, 11) is 0. The Morgan fingerprint density at radius 1 is 1.05 bits per heavy atom. The molecule has 194 valence electrons. The molecule has 7 heteroatoms. The minimum absolute atomic E-state index is 0.0861. The van der Waals surface area contributed by atoms with E-state index in [1.807, 2.05) is 38.1 Å². The highest BCUT2D eigenvalue weighted by molar-refractivity contribution is 6.30. The topological polar surface area (TPSA) is 52.7 Å². The molecule has 0 fully saturated rings. The summed E-state index contributed by atoms with van der Waals surface area (Å²) in [5.74, 6) is -1.02. The third kappa shape index (κ3) is 5.64. The first-order valence-electron chi connectivity index (χ1n) is 12.8. The number of carbonyl (C=O) groups is 2. The van der Waals surface area contributed by atoms with Crippen molar-refractivity contribution in [3.63, 3.8) is 0 Å². The number of rotatable bonds is 7. The highest BCUT2D eigenvalue weighted by Crippen LogP contribution is 2.40. The molecule has 0 bridgehead atoms. The van der Waals surface area contributed by atoms with Gasteiger partial charge >= 0.3 is 0 Å². The monoisotopic (exact) mass is 521 g/mol. The highest BCUT2D eigenvalue weighted by atomic mass is 35.5. The SMILES string of the molecule is CCN(CC)c1ccc2c(c1)C(NC(=O)C(C)c1ccc(Cl)cc1)CC(C)N2C(=O)c1ccc(F)cc1. The molecule has 3 aromatic rings. The van der Waals surface area contributed by atoms with E-state index >= 15 is 0 Å². The van der Waals surface area contributed by atoms with Crippen LogP contribution in [-0.4, -0.2) is 30.9 Å². The number of anilines is 2. The van der Waals surface area contributed by atoms with E-state index in [2.05, 4.69) is 30.1 Å². The van der Waals surface area contributed by atoms with E-state index < -0.39 is 0 Å². The molecule has 5 nitrogen and oxygen atoms in total. The molecule has 0 saturated heterocycles. The lowest BCUT2D eigenvalue weighted by atomic mass is 9.89. The molecule has 0 saturated carbocycles. The summed E-state index contributed by atoms with van der Waals surface area (Å²) in [5.41, 5.74) is 4.00. The van der Waals surface area contributed by atoms with Gasteiger partial charge in [0.05, 0.1) is 12.0 Å². The fraction of sp³-hybridized carbons (Fsp3) is 0.333. The van der Waals surface area contributed by atoms with Crippen molar-refractivity contribution in [2.75, 3.05) is 22.9 Å². The van der Waals surface area contributed by atoms with Gasteiger partial charge in [-0.1, -0.05) is 23.7 Å². The quantitative estimate of drug-likeness (QED) is 0.375. The van der Waals surface area contributed by atoms with Crippen molar-refractivity contribution >= 4 is 34.8 Å². The van der Waals surface area contributed by atoms with E-state index in [9.17, 15) is 14.0 Å². The number of nitrogens with one attached hydrogen (secondary N) is 1. The molecule has 0 radical (unpaired) electrons. The molecular formula is C30H33ClFN3O2. The number of halogens is 2. The molecule has 37 heavy (non-hydrogen) atoms. The molecule has 0 spiro atoms. The molecule has 1 aliphatic heterocycles. The first kappa shape index (κ1) is 26.7. The second-order valence-corrected chi connectivity index (χ2v) is 9.95. The summed E-state index contributed by atoms with van der Waals surface area (Å²) in [4.78, 5) is 30.9. The van der Waals surface area contributed by atoms with E-state index in [1.54, 1.807) is 17.0 Å². The van der Waals surface area contributed by atoms with Crippen molar-refractivity contribution in [1.29, 1.82) is 0 Å². The summed E-state index contributed by atoms with van der Waals surface area (Å²) < 4.78 is 13.5. The molecule has 1 heterocycles. The van der Waals surface area contributed by atoms with Gasteiger partial charge in [-0.25, -0.2) is 4.39 Å². The highest BCUT2D eigenvalue weighted by Gasteiger charge is 2.36. The molecule has 3 aromatic carbocycles. The molecule has 1 N–H and O–H groups in total. The van der Waals surface area contributed by atoms with Crippen molar-refractivity contribution in [3.05, 3.63) is 94.3 Å². The van der Waals surface area contributed by atoms with Crippen LogP contribution in [0.2, 0.25) is 5.02 Å². The molecule has 4 rings (SSSR count). The Hall–Kier alpha value is -3.38. The van der Waals surface area contributed by atoms with Crippen molar-refractivity contribution in [1.82, 2.24) is 5.32 Å². The lowest BCUT2D eigenvalue weighted by Gasteiger charge is -2.40. The van der Waals surface area contributed by atoms with Crippen LogP contribution in [0.4, 0.5) is 15.8 Å². The Labute approximate surface area is 223 Å². The Bertz CT molecular complexity index is 1260. The third-order valence-electron chi connectivity index (χ3n) is 7.18. The lowest BCUT2D eigenvalue weighted by molar-refractivity contribution is -0.123. The van der Waals surface area contributed by atoms with Gasteiger partial charge < -0.3 is 15.1 Å². The molecule has 3 atom stereocenters. The number of fused-ring (bicyclic) bond motifs is 1. The Balaban J connectivity index is 1.70. The van der Waals surface area contributed by atoms with Crippen LogP contribution >= 0.6 is 11.6 Å². The van der Waals surface area contributed by atoms with Gasteiger partial charge in [-0.2, -0.15) is 0 Å². The Morgan fingerprint density at radius 3 is 2.32 bits per heavy atom. The van der Waals surface area contributed by atoms with Gasteiger partial charge in [0.2, 0.25) is 5.91 Å². The van der Waals surface area contributed by atoms with Gasteiger partial charge in [-0.15, -0.1) is 0 Å². The van der Waals surface area contributed by atoms with Crippen LogP contribution in [0, 0.1) is 5.82 Å². The maximum Gasteiger partial charge on any atom is 0.258 e. The summed E-state index contributed by atoms with van der Waals surface area (Å²) in [5, 5.41) is 3.88. The van der Waals surface area contributed by atoms with Crippen LogP contribution in [0.5, 0.6) is 0 Å². The minimum Gasteiger partial charge on any atom is -0.372 e. The maximum atomic E-state index is 13.6. The van der Waals surface area contributed by atoms with Crippen molar-refractivity contribution in [2.24, 2.45) is 0 Å². The standard InChI is InChI=1S/C30H33ClFN3O2/c1-5-34(6-2)25-15-16-28-26(18-25)27(33-29(36)20(4)21-7-11-23(31)12-8-21)17-19(3)35(28)30(37)22-9-13-24(32)14-10-22/h7-16,18-20,27H,5-6,17H2,1-4H3,(H,33,36). The number of hydrogen-bond donors (Lipinski definition) is 1. The predicted molar refractivity (Wildman–Crippen MR) is 148 cm³/mol. The van der Waals surface area contributed by atoms with Crippen LogP contribution < -0.4 is 15.1 Å². The van der Waals surface area contributed by atoms with Gasteiger partial charge in [0.15, 0.2) is 0 Å². The maximum absolute atomic E-state index is 13.6. The molecule has 2 amide bonds. The first-order chi connectivity index (χ1) is 17.7. The second-order valence-electron chi connectivity index (χ2n) is 9.52. The van der Waals surface area contributed by atoms with Gasteiger partial charge in [0.25, 0.3) is 5.91 Å². The summed E-state index contributed by atoms with van der Waals surface area (Å²) >= 11 is 6.02. The number of amides is 2. The minimum atomic E-state index is -0.384. The van der Waals surface area contributed by atoms with Crippen LogP contribution in [0.3, 0.4) is 0 Å². The Morgan fingerprint density at radius 2 is 1.70 bits per heavy atom. The number of carbonyl (C=O) groups excluding carboxylic acids is 2. The van der Waals surface area contributed by atoms with Gasteiger partial charge in [0, 0.05) is 46.7 Å². The van der Waals surface area contributed by atoms with Crippen LogP contribution in [0.15, 0.2) is 66.7 Å². The zero-order valence-electron chi connectivity index (χ0n) is 21.7. The molecule has 3 unspecified atom stereocenters. The zero-order chi connectivity index (χ0) is 26.7. The lowest BCUT2D eigenvalue weighted by Crippen LogP contribution is -2.47. The largest absolute Gasteiger partial charge is 0.372 e. The second kappa shape index (κ2) is 11.3. The van der Waals surface area contributed by atoms with E-state index in [0.717, 1.165) is 35.6 Å². The normalized spacial score (nSPS) is 17.6. The van der Waals surface area contributed by atoms with Crippen molar-refractivity contribution in [2.45, 2.75) is 52.1 Å². The van der Waals surface area contributed by atoms with E-state index in [4.69, 9.17) is 11.6 Å². The summed E-state index contributed by atoms with van der Waals surface area (Å²) in [6, 6.07) is 18.5. The molecule has 0 aliphatic carbocycles. The first-order valence-corrected chi connectivity index (χ1v) is 13.1. The zero-order valence-corrected chi connectivity index (χ0v) is 22.4. The van der Waals surface area contributed by atoms with E-state index in [1.165, 1.54) is 24.3 Å². The number of benzene rings is 3. The molecule has 0 aromatic heterocycles. The Kier molecular flexibility index (Phi) is 8.18. The van der Waals surface area contributed by atoms with Crippen LogP contribution in [0.25, 0.3) is 0 Å². The summed E-state index contributed by atoms with van der Waals surface area (Å²) in [6.07, 6.45) is 0.556. The van der Waals surface area contributed by atoms with Crippen LogP contribution in [-0.2, 0) is 4.79 Å². The average molecular weight is 522 g/mol. The third-order valence-corrected chi connectivity index (χ3v) is 7.43. The van der Waals surface area contributed by atoms with Crippen LogP contribution in [0.1, 0.15) is 67.6 Å². The van der Waals surface area contributed by atoms with Gasteiger partial charge in [-0.3, -0.25) is 9.59 Å². The fourth-order valence-electron chi connectivity index (χ4n) is 5.01.